The fraction of sp³-hybridized carbons (Fsp3) is 0.571. The van der Waals surface area contributed by atoms with Gasteiger partial charge in [0.2, 0.25) is 5.91 Å². The molecule has 80 valence electrons. The maximum Gasteiger partial charge on any atom is 0.322 e. The van der Waals surface area contributed by atoms with Crippen LogP contribution in [0, 0.1) is 0 Å². The number of hydrogen-bond acceptors (Lipinski definition) is 4. The van der Waals surface area contributed by atoms with E-state index in [-0.39, 0.29) is 6.42 Å². The van der Waals surface area contributed by atoms with E-state index in [1.807, 2.05) is 0 Å². The molecule has 0 rings (SSSR count). The monoisotopic (exact) mass is 204 g/mol. The molecule has 0 saturated carbocycles. The fourth-order valence-electron chi connectivity index (χ4n) is 0.786. The van der Waals surface area contributed by atoms with E-state index in [9.17, 15) is 14.4 Å². The van der Waals surface area contributed by atoms with Crippen molar-refractivity contribution in [2.45, 2.75) is 12.5 Å². The van der Waals surface area contributed by atoms with Gasteiger partial charge in [-0.15, -0.1) is 0 Å². The third-order valence-corrected chi connectivity index (χ3v) is 1.46. The Kier molecular flexibility index (Phi) is 5.23. The Morgan fingerprint density at radius 3 is 2.14 bits per heavy atom. The number of likely N-dealkylation sites (N-methyl/N-ethyl adjacent to an activating group) is 1. The molecule has 7 nitrogen and oxygen atoms in total. The molecule has 0 aliphatic carbocycles. The van der Waals surface area contributed by atoms with Gasteiger partial charge in [-0.3, -0.25) is 14.4 Å². The van der Waals surface area contributed by atoms with E-state index in [1.165, 1.54) is 7.05 Å². The molecular weight excluding hydrogens is 192 g/mol. The number of hydrogen-bond donors (Lipinski definition) is 4. The molecule has 0 aromatic heterocycles. The van der Waals surface area contributed by atoms with Crippen LogP contribution in [0.5, 0.6) is 0 Å². The zero-order chi connectivity index (χ0) is 11.1. The summed E-state index contributed by atoms with van der Waals surface area (Å²) in [7, 11) is 1.42. The van der Waals surface area contributed by atoms with Crippen molar-refractivity contribution in [2.75, 3.05) is 13.6 Å². The SMILES string of the molecule is CNC(CC(=O)O)C(=O)NCC(=O)O. The van der Waals surface area contributed by atoms with E-state index in [0.717, 1.165) is 0 Å². The van der Waals surface area contributed by atoms with Gasteiger partial charge >= 0.3 is 11.9 Å². The van der Waals surface area contributed by atoms with Gasteiger partial charge in [0.1, 0.15) is 6.54 Å². The number of rotatable bonds is 6. The fourth-order valence-corrected chi connectivity index (χ4v) is 0.786. The van der Waals surface area contributed by atoms with Gasteiger partial charge in [0.15, 0.2) is 0 Å². The summed E-state index contributed by atoms with van der Waals surface area (Å²) in [5.41, 5.74) is 0. The van der Waals surface area contributed by atoms with Crippen LogP contribution in [-0.4, -0.2) is 47.7 Å². The van der Waals surface area contributed by atoms with Gasteiger partial charge in [-0.05, 0) is 7.05 Å². The number of carboxylic acid groups (broad SMARTS) is 2. The van der Waals surface area contributed by atoms with Crippen LogP contribution < -0.4 is 10.6 Å². The highest BCUT2D eigenvalue weighted by atomic mass is 16.4. The lowest BCUT2D eigenvalue weighted by atomic mass is 10.2. The van der Waals surface area contributed by atoms with E-state index < -0.39 is 30.4 Å². The molecule has 7 heteroatoms. The van der Waals surface area contributed by atoms with Gasteiger partial charge in [-0.2, -0.15) is 0 Å². The maximum absolute atomic E-state index is 11.1. The van der Waals surface area contributed by atoms with Gasteiger partial charge in [0.05, 0.1) is 12.5 Å². The second-order valence-electron chi connectivity index (χ2n) is 2.55. The Labute approximate surface area is 80.1 Å². The first-order valence-corrected chi connectivity index (χ1v) is 3.86. The number of amides is 1. The summed E-state index contributed by atoms with van der Waals surface area (Å²) in [5, 5.41) is 21.2. The van der Waals surface area contributed by atoms with Crippen LogP contribution in [0.25, 0.3) is 0 Å². The molecule has 0 aromatic rings. The third-order valence-electron chi connectivity index (χ3n) is 1.46. The summed E-state index contributed by atoms with van der Waals surface area (Å²) in [6.07, 6.45) is -0.387. The number of aliphatic carboxylic acids is 2. The van der Waals surface area contributed by atoms with Crippen LogP contribution in [0.2, 0.25) is 0 Å². The molecule has 0 spiro atoms. The summed E-state index contributed by atoms with van der Waals surface area (Å²) < 4.78 is 0. The standard InChI is InChI=1S/C7H12N2O5/c1-8-4(2-5(10)11)7(14)9-3-6(12)13/h4,8H,2-3H2,1H3,(H,9,14)(H,10,11)(H,12,13). The number of carbonyl (C=O) groups is 3. The van der Waals surface area contributed by atoms with Crippen LogP contribution in [0.1, 0.15) is 6.42 Å². The highest BCUT2D eigenvalue weighted by Gasteiger charge is 2.19. The van der Waals surface area contributed by atoms with Gasteiger partial charge in [-0.1, -0.05) is 0 Å². The third kappa shape index (κ3) is 5.09. The first-order valence-electron chi connectivity index (χ1n) is 3.86. The van der Waals surface area contributed by atoms with E-state index in [0.29, 0.717) is 0 Å². The molecule has 1 unspecified atom stereocenters. The minimum atomic E-state index is -1.18. The highest BCUT2D eigenvalue weighted by Crippen LogP contribution is 1.91. The zero-order valence-electron chi connectivity index (χ0n) is 7.61. The second kappa shape index (κ2) is 5.92. The molecule has 0 bridgehead atoms. The summed E-state index contributed by atoms with van der Waals surface area (Å²) >= 11 is 0. The molecule has 0 radical (unpaired) electrons. The summed E-state index contributed by atoms with van der Waals surface area (Å²) in [6.45, 7) is -0.517. The van der Waals surface area contributed by atoms with Gasteiger partial charge in [-0.25, -0.2) is 0 Å². The molecule has 0 aromatic carbocycles. The molecule has 1 amide bonds. The smallest absolute Gasteiger partial charge is 0.322 e. The first-order chi connectivity index (χ1) is 6.47. The van der Waals surface area contributed by atoms with Crippen molar-refractivity contribution < 1.29 is 24.6 Å². The van der Waals surface area contributed by atoms with Crippen LogP contribution >= 0.6 is 0 Å². The Bertz CT molecular complexity index is 240. The Morgan fingerprint density at radius 1 is 1.21 bits per heavy atom. The summed E-state index contributed by atoms with van der Waals surface area (Å²) in [4.78, 5) is 31.5. The Hall–Kier alpha value is -1.63. The van der Waals surface area contributed by atoms with Crippen LogP contribution in [0.4, 0.5) is 0 Å². The summed E-state index contributed by atoms with van der Waals surface area (Å²) in [6, 6.07) is -0.910. The molecule has 0 heterocycles. The van der Waals surface area contributed by atoms with Crippen molar-refractivity contribution in [3.63, 3.8) is 0 Å². The van der Waals surface area contributed by atoms with Crippen LogP contribution in [0.3, 0.4) is 0 Å². The molecule has 0 aliphatic heterocycles. The van der Waals surface area contributed by atoms with Gasteiger partial charge < -0.3 is 20.8 Å². The number of nitrogens with one attached hydrogen (secondary N) is 2. The topological polar surface area (TPSA) is 116 Å². The molecule has 0 saturated heterocycles. The molecule has 0 aliphatic rings. The van der Waals surface area contributed by atoms with Crippen LogP contribution in [-0.2, 0) is 14.4 Å². The number of carboxylic acids is 2. The Morgan fingerprint density at radius 2 is 1.79 bits per heavy atom. The Balaban J connectivity index is 4.04. The quantitative estimate of drug-likeness (QED) is 0.407. The van der Waals surface area contributed by atoms with Crippen molar-refractivity contribution in [1.82, 2.24) is 10.6 Å². The van der Waals surface area contributed by atoms with E-state index in [2.05, 4.69) is 10.6 Å². The first kappa shape index (κ1) is 12.4. The zero-order valence-corrected chi connectivity index (χ0v) is 7.61. The molecule has 14 heavy (non-hydrogen) atoms. The largest absolute Gasteiger partial charge is 0.481 e. The maximum atomic E-state index is 11.1. The lowest BCUT2D eigenvalue weighted by Gasteiger charge is -2.12. The highest BCUT2D eigenvalue weighted by molar-refractivity contribution is 5.88. The van der Waals surface area contributed by atoms with Crippen molar-refractivity contribution in [3.8, 4) is 0 Å². The van der Waals surface area contributed by atoms with E-state index >= 15 is 0 Å². The van der Waals surface area contributed by atoms with E-state index in [4.69, 9.17) is 10.2 Å². The number of carbonyl (C=O) groups excluding carboxylic acids is 1. The van der Waals surface area contributed by atoms with E-state index in [1.54, 1.807) is 0 Å². The van der Waals surface area contributed by atoms with Crippen molar-refractivity contribution >= 4 is 17.8 Å². The van der Waals surface area contributed by atoms with Gasteiger partial charge in [0, 0.05) is 0 Å². The average Bonchev–Trinajstić information content (AvgIpc) is 2.09. The molecule has 4 N–H and O–H groups in total. The van der Waals surface area contributed by atoms with Gasteiger partial charge in [0.25, 0.3) is 0 Å². The van der Waals surface area contributed by atoms with Crippen LogP contribution in [0.15, 0.2) is 0 Å². The minimum absolute atomic E-state index is 0.387. The normalized spacial score (nSPS) is 11.8. The lowest BCUT2D eigenvalue weighted by molar-refractivity contribution is -0.140. The average molecular weight is 204 g/mol. The van der Waals surface area contributed by atoms with Crippen molar-refractivity contribution in [1.29, 1.82) is 0 Å². The second-order valence-corrected chi connectivity index (χ2v) is 2.55. The van der Waals surface area contributed by atoms with Crippen molar-refractivity contribution in [3.05, 3.63) is 0 Å². The van der Waals surface area contributed by atoms with Crippen molar-refractivity contribution in [2.24, 2.45) is 0 Å². The molecular formula is C7H12N2O5. The predicted octanol–water partition coefficient (Wildman–Crippen LogP) is -1.75. The predicted molar refractivity (Wildman–Crippen MR) is 45.7 cm³/mol. The lowest BCUT2D eigenvalue weighted by Crippen LogP contribution is -2.45. The summed E-state index contributed by atoms with van der Waals surface area (Å²) in [5.74, 6) is -2.95. The molecule has 0 fully saturated rings. The minimum Gasteiger partial charge on any atom is -0.481 e. The molecule has 1 atom stereocenters.